The van der Waals surface area contributed by atoms with E-state index < -0.39 is 0 Å². The van der Waals surface area contributed by atoms with Crippen molar-refractivity contribution in [2.45, 2.75) is 27.0 Å². The molecule has 1 unspecified atom stereocenters. The maximum Gasteiger partial charge on any atom is 0.190 e. The summed E-state index contributed by atoms with van der Waals surface area (Å²) in [5, 5.41) is 0. The van der Waals surface area contributed by atoms with Crippen LogP contribution in [0.5, 0.6) is 0 Å². The maximum absolute atomic E-state index is 5.63. The van der Waals surface area contributed by atoms with Crippen molar-refractivity contribution in [3.63, 3.8) is 0 Å². The standard InChI is InChI=1S/C10H22NO/c1-7-11(5,6)10(4)12-8-9(2)3/h10H,2,7-8H2,1,3-6H3/q+1. The number of quaternary nitrogens is 1. The Hall–Kier alpha value is -0.340. The molecule has 72 valence electrons. The van der Waals surface area contributed by atoms with Gasteiger partial charge in [-0.15, -0.1) is 0 Å². The van der Waals surface area contributed by atoms with Gasteiger partial charge < -0.3 is 9.22 Å². The lowest BCUT2D eigenvalue weighted by Crippen LogP contribution is -2.48. The van der Waals surface area contributed by atoms with Crippen molar-refractivity contribution in [2.75, 3.05) is 27.2 Å². The van der Waals surface area contributed by atoms with Gasteiger partial charge in [0.15, 0.2) is 6.23 Å². The first-order valence-corrected chi connectivity index (χ1v) is 4.48. The normalized spacial score (nSPS) is 14.4. The van der Waals surface area contributed by atoms with Gasteiger partial charge in [-0.1, -0.05) is 12.2 Å². The molecular weight excluding hydrogens is 150 g/mol. The van der Waals surface area contributed by atoms with Crippen LogP contribution in [-0.4, -0.2) is 38.0 Å². The predicted octanol–water partition coefficient (Wildman–Crippen LogP) is 2.02. The molecule has 0 aliphatic heterocycles. The maximum atomic E-state index is 5.63. The zero-order valence-corrected chi connectivity index (χ0v) is 9.05. The van der Waals surface area contributed by atoms with Gasteiger partial charge in [0.1, 0.15) is 0 Å². The molecule has 0 spiro atoms. The molecule has 0 heterocycles. The van der Waals surface area contributed by atoms with E-state index in [0.29, 0.717) is 6.61 Å². The molecule has 2 nitrogen and oxygen atoms in total. The summed E-state index contributed by atoms with van der Waals surface area (Å²) in [5.74, 6) is 0. The van der Waals surface area contributed by atoms with Crippen LogP contribution in [0.25, 0.3) is 0 Å². The molecule has 0 aromatic rings. The number of hydrogen-bond acceptors (Lipinski definition) is 1. The highest BCUT2D eigenvalue weighted by molar-refractivity contribution is 4.87. The number of ether oxygens (including phenoxy) is 1. The molecule has 0 rings (SSSR count). The SMILES string of the molecule is C=C(C)COC(C)[N+](C)(C)CC. The third-order valence-electron chi connectivity index (χ3n) is 2.37. The Kier molecular flexibility index (Phi) is 4.50. The van der Waals surface area contributed by atoms with Gasteiger partial charge in [0.2, 0.25) is 0 Å². The lowest BCUT2D eigenvalue weighted by Gasteiger charge is -2.34. The van der Waals surface area contributed by atoms with E-state index >= 15 is 0 Å². The van der Waals surface area contributed by atoms with E-state index in [1.54, 1.807) is 0 Å². The molecule has 0 aromatic carbocycles. The first-order valence-electron chi connectivity index (χ1n) is 4.48. The molecular formula is C10H22NO+. The van der Waals surface area contributed by atoms with Crippen molar-refractivity contribution >= 4 is 0 Å². The summed E-state index contributed by atoms with van der Waals surface area (Å²) in [5.41, 5.74) is 1.08. The van der Waals surface area contributed by atoms with Gasteiger partial charge in [-0.05, 0) is 13.8 Å². The number of hydrogen-bond donors (Lipinski definition) is 0. The van der Waals surface area contributed by atoms with Gasteiger partial charge in [0.25, 0.3) is 0 Å². The highest BCUT2D eigenvalue weighted by Gasteiger charge is 2.21. The largest absolute Gasteiger partial charge is 0.325 e. The topological polar surface area (TPSA) is 9.23 Å². The molecule has 12 heavy (non-hydrogen) atoms. The third kappa shape index (κ3) is 3.88. The van der Waals surface area contributed by atoms with Crippen LogP contribution in [-0.2, 0) is 4.74 Å². The van der Waals surface area contributed by atoms with Gasteiger partial charge in [-0.3, -0.25) is 0 Å². The predicted molar refractivity (Wildman–Crippen MR) is 52.9 cm³/mol. The van der Waals surface area contributed by atoms with E-state index in [1.165, 1.54) is 0 Å². The third-order valence-corrected chi connectivity index (χ3v) is 2.37. The summed E-state index contributed by atoms with van der Waals surface area (Å²) < 4.78 is 6.53. The van der Waals surface area contributed by atoms with Crippen LogP contribution in [0.15, 0.2) is 12.2 Å². The van der Waals surface area contributed by atoms with E-state index in [4.69, 9.17) is 4.74 Å². The van der Waals surface area contributed by atoms with Crippen LogP contribution in [0, 0.1) is 0 Å². The van der Waals surface area contributed by atoms with Crippen molar-refractivity contribution in [1.82, 2.24) is 0 Å². The highest BCUT2D eigenvalue weighted by atomic mass is 16.5. The van der Waals surface area contributed by atoms with Crippen LogP contribution in [0.3, 0.4) is 0 Å². The molecule has 0 saturated heterocycles. The Bertz CT molecular complexity index is 152. The van der Waals surface area contributed by atoms with Crippen molar-refractivity contribution in [3.8, 4) is 0 Å². The summed E-state index contributed by atoms with van der Waals surface area (Å²) in [6, 6.07) is 0. The second-order valence-corrected chi connectivity index (χ2v) is 3.96. The van der Waals surface area contributed by atoms with Gasteiger partial charge >= 0.3 is 0 Å². The lowest BCUT2D eigenvalue weighted by molar-refractivity contribution is -0.933. The summed E-state index contributed by atoms with van der Waals surface area (Å²) in [6.07, 6.45) is 0.242. The summed E-state index contributed by atoms with van der Waals surface area (Å²) in [4.78, 5) is 0. The van der Waals surface area contributed by atoms with E-state index in [-0.39, 0.29) is 6.23 Å². The van der Waals surface area contributed by atoms with Crippen molar-refractivity contribution in [1.29, 1.82) is 0 Å². The Morgan fingerprint density at radius 2 is 2.00 bits per heavy atom. The minimum absolute atomic E-state index is 0.242. The molecule has 0 saturated carbocycles. The second-order valence-electron chi connectivity index (χ2n) is 3.96. The molecule has 0 aliphatic rings. The second kappa shape index (κ2) is 4.63. The number of rotatable bonds is 5. The summed E-state index contributed by atoms with van der Waals surface area (Å²) in [6.45, 7) is 11.8. The molecule has 0 amide bonds. The van der Waals surface area contributed by atoms with E-state index in [2.05, 4.69) is 34.5 Å². The van der Waals surface area contributed by atoms with Crippen molar-refractivity contribution in [3.05, 3.63) is 12.2 Å². The average Bonchev–Trinajstić information content (AvgIpc) is 2.00. The Morgan fingerprint density at radius 3 is 2.33 bits per heavy atom. The van der Waals surface area contributed by atoms with Crippen LogP contribution in [0.4, 0.5) is 0 Å². The monoisotopic (exact) mass is 172 g/mol. The van der Waals surface area contributed by atoms with Crippen molar-refractivity contribution < 1.29 is 9.22 Å². The first-order chi connectivity index (χ1) is 5.40. The van der Waals surface area contributed by atoms with Crippen molar-refractivity contribution in [2.24, 2.45) is 0 Å². The molecule has 0 fully saturated rings. The summed E-state index contributed by atoms with van der Waals surface area (Å²) in [7, 11) is 4.34. The van der Waals surface area contributed by atoms with Gasteiger partial charge in [-0.25, -0.2) is 0 Å². The van der Waals surface area contributed by atoms with E-state index in [0.717, 1.165) is 16.6 Å². The minimum Gasteiger partial charge on any atom is -0.325 e. The molecule has 0 N–H and O–H groups in total. The molecule has 0 aromatic heterocycles. The van der Waals surface area contributed by atoms with Crippen LogP contribution >= 0.6 is 0 Å². The fourth-order valence-corrected chi connectivity index (χ4v) is 0.722. The molecule has 2 heteroatoms. The first kappa shape index (κ1) is 11.7. The molecule has 0 bridgehead atoms. The average molecular weight is 172 g/mol. The van der Waals surface area contributed by atoms with Crippen LogP contribution < -0.4 is 0 Å². The molecule has 1 atom stereocenters. The highest BCUT2D eigenvalue weighted by Crippen LogP contribution is 2.07. The lowest BCUT2D eigenvalue weighted by atomic mass is 10.4. The van der Waals surface area contributed by atoms with E-state index in [9.17, 15) is 0 Å². The smallest absolute Gasteiger partial charge is 0.190 e. The van der Waals surface area contributed by atoms with E-state index in [1.807, 2.05) is 6.92 Å². The van der Waals surface area contributed by atoms with Crippen LogP contribution in [0.1, 0.15) is 20.8 Å². The number of nitrogens with zero attached hydrogens (tertiary/aromatic N) is 1. The Labute approximate surface area is 76.4 Å². The molecule has 0 radical (unpaired) electrons. The summed E-state index contributed by atoms with van der Waals surface area (Å²) >= 11 is 0. The fraction of sp³-hybridized carbons (Fsp3) is 0.800. The molecule has 0 aliphatic carbocycles. The Morgan fingerprint density at radius 1 is 1.50 bits per heavy atom. The fourth-order valence-electron chi connectivity index (χ4n) is 0.722. The minimum atomic E-state index is 0.242. The van der Waals surface area contributed by atoms with Crippen LogP contribution in [0.2, 0.25) is 0 Å². The Balaban J connectivity index is 3.86. The zero-order valence-electron chi connectivity index (χ0n) is 9.05. The van der Waals surface area contributed by atoms with Gasteiger partial charge in [-0.2, -0.15) is 0 Å². The van der Waals surface area contributed by atoms with Gasteiger partial charge in [0, 0.05) is 6.92 Å². The quantitative estimate of drug-likeness (QED) is 0.350. The van der Waals surface area contributed by atoms with Gasteiger partial charge in [0.05, 0.1) is 27.2 Å². The zero-order chi connectivity index (χ0) is 9.78.